The molecule has 50 heavy (non-hydrogen) atoms. The maximum Gasteiger partial charge on any atom is 0.407 e. The van der Waals surface area contributed by atoms with Gasteiger partial charge in [-0.2, -0.15) is 5.26 Å². The molecule has 2 aromatic carbocycles. The predicted octanol–water partition coefficient (Wildman–Crippen LogP) is 5.79. The normalized spacial score (nSPS) is 17.6. The first kappa shape index (κ1) is 40.8. The third-order valence-corrected chi connectivity index (χ3v) is 8.39. The van der Waals surface area contributed by atoms with Crippen LogP contribution in [-0.2, 0) is 23.7 Å². The summed E-state index contributed by atoms with van der Waals surface area (Å²) in [4.78, 5) is 24.7. The van der Waals surface area contributed by atoms with Crippen LogP contribution in [0, 0.1) is 22.2 Å². The smallest absolute Gasteiger partial charge is 0.407 e. The molecule has 0 atom stereocenters. The van der Waals surface area contributed by atoms with E-state index in [1.807, 2.05) is 20.8 Å². The summed E-state index contributed by atoms with van der Waals surface area (Å²) in [5.74, 6) is 1.05. The number of halogens is 1. The molecule has 12 nitrogen and oxygen atoms in total. The van der Waals surface area contributed by atoms with Crippen LogP contribution in [0.5, 0.6) is 11.5 Å². The van der Waals surface area contributed by atoms with E-state index in [0.29, 0.717) is 93.7 Å². The average Bonchev–Trinajstić information content (AvgIpc) is 3.05. The molecule has 2 amide bonds. The van der Waals surface area contributed by atoms with Gasteiger partial charge in [0.2, 0.25) is 0 Å². The van der Waals surface area contributed by atoms with Gasteiger partial charge in [-0.3, -0.25) is 4.79 Å². The number of nitriles is 1. The van der Waals surface area contributed by atoms with Crippen molar-refractivity contribution in [1.29, 1.82) is 5.26 Å². The van der Waals surface area contributed by atoms with Gasteiger partial charge in [-0.1, -0.05) is 39.3 Å². The van der Waals surface area contributed by atoms with Gasteiger partial charge in [0, 0.05) is 35.0 Å². The van der Waals surface area contributed by atoms with E-state index in [9.17, 15) is 9.59 Å². The van der Waals surface area contributed by atoms with Crippen molar-refractivity contribution in [3.63, 3.8) is 0 Å². The Morgan fingerprint density at radius 1 is 0.800 bits per heavy atom. The quantitative estimate of drug-likeness (QED) is 0.161. The number of hydrogen-bond donors (Lipinski definition) is 2. The number of carbonyl (C=O) groups is 2. The van der Waals surface area contributed by atoms with Gasteiger partial charge in [0.25, 0.3) is 5.91 Å². The lowest BCUT2D eigenvalue weighted by Crippen LogP contribution is -2.74. The number of alkyl carbamates (subject to hydrolysis) is 1. The molecule has 0 spiro atoms. The summed E-state index contributed by atoms with van der Waals surface area (Å²) in [6.45, 7) is 17.8. The molecule has 2 aromatic rings. The molecule has 0 aliphatic heterocycles. The Morgan fingerprint density at radius 2 is 1.32 bits per heavy atom. The van der Waals surface area contributed by atoms with Gasteiger partial charge in [0.15, 0.2) is 0 Å². The molecule has 0 bridgehead atoms. The summed E-state index contributed by atoms with van der Waals surface area (Å²) >= 11 is 6.20. The lowest BCUT2D eigenvalue weighted by atomic mass is 9.49. The van der Waals surface area contributed by atoms with Crippen molar-refractivity contribution >= 4 is 23.6 Å². The lowest BCUT2D eigenvalue weighted by molar-refractivity contribution is -0.164. The minimum Gasteiger partial charge on any atom is -0.491 e. The summed E-state index contributed by atoms with van der Waals surface area (Å²) in [5, 5.41) is 15.3. The molecule has 276 valence electrons. The zero-order chi connectivity index (χ0) is 36.8. The van der Waals surface area contributed by atoms with Crippen LogP contribution in [0.4, 0.5) is 4.79 Å². The average molecular weight is 718 g/mol. The van der Waals surface area contributed by atoms with Crippen LogP contribution in [0.3, 0.4) is 0 Å². The van der Waals surface area contributed by atoms with Crippen molar-refractivity contribution in [2.45, 2.75) is 66.2 Å². The molecule has 1 aliphatic rings. The number of benzene rings is 2. The van der Waals surface area contributed by atoms with Crippen molar-refractivity contribution in [1.82, 2.24) is 10.6 Å². The maximum absolute atomic E-state index is 13.2. The molecule has 2 N–H and O–H groups in total. The van der Waals surface area contributed by atoms with Crippen LogP contribution < -0.4 is 20.1 Å². The standard InChI is InChI=1S/C37H52ClN3O9/c1-35(2,3)50-34(43)40-14-15-44-16-17-45-18-19-46-20-21-47-22-23-48-28-11-8-26(9-12-28)31(42)41-32-36(4,5)33(37(32,6)7)49-29-13-10-27(25-39)30(38)24-29/h8-13,24,32-33H,14-23H2,1-7H3,(H,40,43)(H,41,42)/t32-,33-. The molecule has 0 aromatic heterocycles. The SMILES string of the molecule is CC(C)(C)OC(=O)NCCOCCOCCOCCOCCOc1ccc(C(=O)N[C@H]2C(C)(C)[C@H](Oc3ccc(C#N)c(Cl)c3)C2(C)C)cc1. The number of nitrogens with zero attached hydrogens (tertiary/aromatic N) is 1. The maximum atomic E-state index is 13.2. The third-order valence-electron chi connectivity index (χ3n) is 8.07. The highest BCUT2D eigenvalue weighted by atomic mass is 35.5. The Kier molecular flexibility index (Phi) is 15.6. The fourth-order valence-electron chi connectivity index (χ4n) is 6.03. The fraction of sp³-hybridized carbons (Fsp3) is 0.595. The first-order valence-electron chi connectivity index (χ1n) is 16.8. The molecular weight excluding hydrogens is 666 g/mol. The Labute approximate surface area is 301 Å². The predicted molar refractivity (Wildman–Crippen MR) is 189 cm³/mol. The Bertz CT molecular complexity index is 1400. The van der Waals surface area contributed by atoms with Crippen LogP contribution in [0.1, 0.15) is 64.4 Å². The second-order valence-electron chi connectivity index (χ2n) is 14.1. The van der Waals surface area contributed by atoms with Gasteiger partial charge in [0.1, 0.15) is 35.9 Å². The highest BCUT2D eigenvalue weighted by Gasteiger charge is 2.64. The minimum atomic E-state index is -0.525. The molecular formula is C37H52ClN3O9. The molecule has 3 rings (SSSR count). The summed E-state index contributed by atoms with van der Waals surface area (Å²) in [5.41, 5.74) is -0.317. The fourth-order valence-corrected chi connectivity index (χ4v) is 6.25. The van der Waals surface area contributed by atoms with E-state index >= 15 is 0 Å². The Morgan fingerprint density at radius 3 is 1.84 bits per heavy atom. The van der Waals surface area contributed by atoms with E-state index in [0.717, 1.165) is 0 Å². The molecule has 0 saturated heterocycles. The topological polar surface area (TPSA) is 147 Å². The second-order valence-corrected chi connectivity index (χ2v) is 14.5. The van der Waals surface area contributed by atoms with Gasteiger partial charge >= 0.3 is 6.09 Å². The van der Waals surface area contributed by atoms with Crippen molar-refractivity contribution in [2.24, 2.45) is 10.8 Å². The van der Waals surface area contributed by atoms with Gasteiger partial charge in [0.05, 0.1) is 63.4 Å². The van der Waals surface area contributed by atoms with E-state index in [4.69, 9.17) is 50.0 Å². The molecule has 13 heteroatoms. The molecule has 0 radical (unpaired) electrons. The van der Waals surface area contributed by atoms with E-state index in [1.54, 1.807) is 42.5 Å². The summed E-state index contributed by atoms with van der Waals surface area (Å²) in [6, 6.07) is 14.0. The van der Waals surface area contributed by atoms with Gasteiger partial charge in [-0.05, 0) is 57.2 Å². The molecule has 0 heterocycles. The first-order chi connectivity index (χ1) is 23.6. The second kappa shape index (κ2) is 19.1. The number of carbonyl (C=O) groups excluding carboxylic acids is 2. The molecule has 1 aliphatic carbocycles. The minimum absolute atomic E-state index is 0.141. The van der Waals surface area contributed by atoms with Crippen molar-refractivity contribution in [3.05, 3.63) is 58.6 Å². The van der Waals surface area contributed by atoms with E-state index in [1.165, 1.54) is 0 Å². The van der Waals surface area contributed by atoms with Crippen LogP contribution in [0.25, 0.3) is 0 Å². The lowest BCUT2D eigenvalue weighted by Gasteiger charge is -2.63. The third kappa shape index (κ3) is 12.6. The molecule has 1 saturated carbocycles. The zero-order valence-corrected chi connectivity index (χ0v) is 31.0. The first-order valence-corrected chi connectivity index (χ1v) is 17.2. The summed E-state index contributed by atoms with van der Waals surface area (Å²) < 4.78 is 39.1. The van der Waals surface area contributed by atoms with E-state index in [-0.39, 0.29) is 28.9 Å². The number of ether oxygens (including phenoxy) is 7. The van der Waals surface area contributed by atoms with Gasteiger partial charge < -0.3 is 43.8 Å². The largest absolute Gasteiger partial charge is 0.491 e. The van der Waals surface area contributed by atoms with Crippen molar-refractivity contribution in [2.75, 3.05) is 66.0 Å². The van der Waals surface area contributed by atoms with Crippen LogP contribution in [-0.4, -0.2) is 95.8 Å². The van der Waals surface area contributed by atoms with E-state index in [2.05, 4.69) is 44.4 Å². The van der Waals surface area contributed by atoms with Crippen LogP contribution >= 0.6 is 11.6 Å². The number of hydrogen-bond acceptors (Lipinski definition) is 10. The van der Waals surface area contributed by atoms with Gasteiger partial charge in [-0.15, -0.1) is 0 Å². The number of nitrogens with one attached hydrogen (secondary N) is 2. The van der Waals surface area contributed by atoms with Gasteiger partial charge in [-0.25, -0.2) is 4.79 Å². The van der Waals surface area contributed by atoms with Crippen molar-refractivity contribution in [3.8, 4) is 17.6 Å². The Balaban J connectivity index is 1.22. The number of amides is 2. The highest BCUT2D eigenvalue weighted by Crippen LogP contribution is 2.55. The van der Waals surface area contributed by atoms with Crippen molar-refractivity contribution < 1.29 is 42.7 Å². The highest BCUT2D eigenvalue weighted by molar-refractivity contribution is 6.31. The monoisotopic (exact) mass is 717 g/mol. The van der Waals surface area contributed by atoms with Crippen LogP contribution in [0.15, 0.2) is 42.5 Å². The summed E-state index contributed by atoms with van der Waals surface area (Å²) in [7, 11) is 0. The number of rotatable bonds is 20. The van der Waals surface area contributed by atoms with Crippen LogP contribution in [0.2, 0.25) is 5.02 Å². The molecule has 1 fully saturated rings. The summed E-state index contributed by atoms with van der Waals surface area (Å²) in [6.07, 6.45) is -0.651. The van der Waals surface area contributed by atoms with E-state index < -0.39 is 11.7 Å². The molecule has 0 unspecified atom stereocenters. The zero-order valence-electron chi connectivity index (χ0n) is 30.3. The Hall–Kier alpha value is -3.60.